The minimum absolute atomic E-state index is 0.160. The summed E-state index contributed by atoms with van der Waals surface area (Å²) in [6, 6.07) is 5.70. The van der Waals surface area contributed by atoms with Crippen molar-refractivity contribution < 1.29 is 4.39 Å². The number of thiocarbonyl (C=S) groups is 1. The standard InChI is InChI=1S/C15H19FN2S/c16-11-6-2-8-13(14(11)15(17)19)18-9-3-5-10-4-1-7-12(10)18/h2,6,8,10,12H,1,3-5,7,9H2,(H2,17,19). The Labute approximate surface area is 118 Å². The summed E-state index contributed by atoms with van der Waals surface area (Å²) in [7, 11) is 0. The molecule has 0 radical (unpaired) electrons. The zero-order valence-corrected chi connectivity index (χ0v) is 11.8. The molecule has 2 fully saturated rings. The van der Waals surface area contributed by atoms with Crippen LogP contribution >= 0.6 is 12.2 Å². The van der Waals surface area contributed by atoms with E-state index in [1.54, 1.807) is 6.07 Å². The zero-order valence-electron chi connectivity index (χ0n) is 10.9. The lowest BCUT2D eigenvalue weighted by molar-refractivity contribution is 0.362. The van der Waals surface area contributed by atoms with Gasteiger partial charge < -0.3 is 10.6 Å². The fraction of sp³-hybridized carbons (Fsp3) is 0.533. The van der Waals surface area contributed by atoms with Crippen LogP contribution in [0.3, 0.4) is 0 Å². The Morgan fingerprint density at radius 3 is 2.84 bits per heavy atom. The summed E-state index contributed by atoms with van der Waals surface area (Å²) in [5, 5.41) is 0. The van der Waals surface area contributed by atoms with E-state index < -0.39 is 0 Å². The third-order valence-electron chi connectivity index (χ3n) is 4.54. The molecule has 1 aromatic carbocycles. The highest BCUT2D eigenvalue weighted by Crippen LogP contribution is 2.40. The van der Waals surface area contributed by atoms with E-state index in [1.807, 2.05) is 6.07 Å². The number of rotatable bonds is 2. The predicted octanol–water partition coefficient (Wildman–Crippen LogP) is 3.23. The van der Waals surface area contributed by atoms with E-state index >= 15 is 0 Å². The largest absolute Gasteiger partial charge is 0.389 e. The van der Waals surface area contributed by atoms with Gasteiger partial charge in [-0.05, 0) is 43.7 Å². The van der Waals surface area contributed by atoms with Gasteiger partial charge in [0.05, 0.1) is 11.3 Å². The number of hydrogen-bond acceptors (Lipinski definition) is 2. The lowest BCUT2D eigenvalue weighted by Gasteiger charge is -2.40. The molecule has 2 N–H and O–H groups in total. The lowest BCUT2D eigenvalue weighted by atomic mass is 9.91. The number of anilines is 1. The Morgan fingerprint density at radius 1 is 1.26 bits per heavy atom. The molecule has 1 saturated carbocycles. The van der Waals surface area contributed by atoms with Gasteiger partial charge in [0.25, 0.3) is 0 Å². The van der Waals surface area contributed by atoms with Gasteiger partial charge in [-0.25, -0.2) is 4.39 Å². The summed E-state index contributed by atoms with van der Waals surface area (Å²) in [6.07, 6.45) is 6.27. The van der Waals surface area contributed by atoms with Crippen molar-refractivity contribution in [2.45, 2.75) is 38.1 Å². The van der Waals surface area contributed by atoms with Gasteiger partial charge in [-0.1, -0.05) is 24.7 Å². The van der Waals surface area contributed by atoms with Crippen LogP contribution < -0.4 is 10.6 Å². The molecule has 0 amide bonds. The van der Waals surface area contributed by atoms with Crippen molar-refractivity contribution >= 4 is 22.9 Å². The van der Waals surface area contributed by atoms with E-state index in [0.717, 1.165) is 18.2 Å². The molecule has 2 unspecified atom stereocenters. The second-order valence-corrected chi connectivity index (χ2v) is 6.03. The molecule has 1 aliphatic carbocycles. The fourth-order valence-corrected chi connectivity index (χ4v) is 3.95. The summed E-state index contributed by atoms with van der Waals surface area (Å²) in [5.41, 5.74) is 7.04. The number of hydrogen-bond donors (Lipinski definition) is 1. The minimum Gasteiger partial charge on any atom is -0.389 e. The molecule has 4 heteroatoms. The van der Waals surface area contributed by atoms with Gasteiger partial charge in [0.2, 0.25) is 0 Å². The van der Waals surface area contributed by atoms with E-state index in [-0.39, 0.29) is 10.8 Å². The van der Waals surface area contributed by atoms with Crippen LogP contribution in [-0.2, 0) is 0 Å². The molecule has 1 aromatic rings. The molecule has 19 heavy (non-hydrogen) atoms. The van der Waals surface area contributed by atoms with Crippen LogP contribution in [0.25, 0.3) is 0 Å². The first-order valence-electron chi connectivity index (χ1n) is 7.03. The molecule has 102 valence electrons. The van der Waals surface area contributed by atoms with Crippen LogP contribution in [0.1, 0.15) is 37.7 Å². The highest BCUT2D eigenvalue weighted by Gasteiger charge is 2.36. The molecule has 1 saturated heterocycles. The van der Waals surface area contributed by atoms with Crippen LogP contribution in [0.4, 0.5) is 10.1 Å². The second-order valence-electron chi connectivity index (χ2n) is 5.59. The van der Waals surface area contributed by atoms with E-state index in [2.05, 4.69) is 4.90 Å². The van der Waals surface area contributed by atoms with Crippen molar-refractivity contribution in [1.29, 1.82) is 0 Å². The van der Waals surface area contributed by atoms with E-state index in [0.29, 0.717) is 11.6 Å². The van der Waals surface area contributed by atoms with Gasteiger partial charge in [0, 0.05) is 12.6 Å². The number of fused-ring (bicyclic) bond motifs is 1. The maximum atomic E-state index is 14.0. The quantitative estimate of drug-likeness (QED) is 0.842. The summed E-state index contributed by atoms with van der Waals surface area (Å²) < 4.78 is 14.0. The Kier molecular flexibility index (Phi) is 3.44. The molecule has 0 spiro atoms. The molecule has 1 aliphatic heterocycles. The number of piperidine rings is 1. The van der Waals surface area contributed by atoms with Gasteiger partial charge in [0.1, 0.15) is 10.8 Å². The molecule has 2 atom stereocenters. The van der Waals surface area contributed by atoms with E-state index in [9.17, 15) is 4.39 Å². The van der Waals surface area contributed by atoms with Gasteiger partial charge in [-0.15, -0.1) is 0 Å². The summed E-state index contributed by atoms with van der Waals surface area (Å²) in [6.45, 7) is 0.986. The smallest absolute Gasteiger partial charge is 0.135 e. The Balaban J connectivity index is 2.01. The first-order valence-corrected chi connectivity index (χ1v) is 7.44. The van der Waals surface area contributed by atoms with Gasteiger partial charge in [-0.2, -0.15) is 0 Å². The Morgan fingerprint density at radius 2 is 2.05 bits per heavy atom. The zero-order chi connectivity index (χ0) is 13.4. The highest BCUT2D eigenvalue weighted by atomic mass is 32.1. The van der Waals surface area contributed by atoms with Gasteiger partial charge >= 0.3 is 0 Å². The van der Waals surface area contributed by atoms with Gasteiger partial charge in [-0.3, -0.25) is 0 Å². The number of halogens is 1. The van der Waals surface area contributed by atoms with Crippen molar-refractivity contribution in [2.75, 3.05) is 11.4 Å². The van der Waals surface area contributed by atoms with E-state index in [4.69, 9.17) is 18.0 Å². The van der Waals surface area contributed by atoms with Crippen LogP contribution in [-0.4, -0.2) is 17.6 Å². The summed E-state index contributed by atoms with van der Waals surface area (Å²) >= 11 is 5.04. The molecule has 0 aromatic heterocycles. The van der Waals surface area contributed by atoms with Crippen molar-refractivity contribution in [1.82, 2.24) is 0 Å². The normalized spacial score (nSPS) is 26.3. The Bertz CT molecular complexity index is 503. The van der Waals surface area contributed by atoms with Crippen LogP contribution in [0.5, 0.6) is 0 Å². The van der Waals surface area contributed by atoms with Crippen molar-refractivity contribution in [3.05, 3.63) is 29.6 Å². The molecule has 0 bridgehead atoms. The third-order valence-corrected chi connectivity index (χ3v) is 4.74. The summed E-state index contributed by atoms with van der Waals surface area (Å²) in [5.74, 6) is 0.460. The average Bonchev–Trinajstić information content (AvgIpc) is 2.85. The fourth-order valence-electron chi connectivity index (χ4n) is 3.75. The third kappa shape index (κ3) is 2.22. The molecule has 1 heterocycles. The SMILES string of the molecule is NC(=S)c1c(F)cccc1N1CCCC2CCCC21. The maximum Gasteiger partial charge on any atom is 0.135 e. The molecule has 3 rings (SSSR count). The van der Waals surface area contributed by atoms with E-state index in [1.165, 1.54) is 38.2 Å². The maximum absolute atomic E-state index is 14.0. The topological polar surface area (TPSA) is 29.3 Å². The van der Waals surface area contributed by atoms with Crippen molar-refractivity contribution in [2.24, 2.45) is 11.7 Å². The predicted molar refractivity (Wildman–Crippen MR) is 80.0 cm³/mol. The number of benzene rings is 1. The molecular formula is C15H19FN2S. The number of nitrogens with two attached hydrogens (primary N) is 1. The Hall–Kier alpha value is -1.16. The molecule has 2 nitrogen and oxygen atoms in total. The number of nitrogens with zero attached hydrogens (tertiary/aromatic N) is 1. The van der Waals surface area contributed by atoms with Crippen LogP contribution in [0, 0.1) is 11.7 Å². The van der Waals surface area contributed by atoms with Gasteiger partial charge in [0.15, 0.2) is 0 Å². The summed E-state index contributed by atoms with van der Waals surface area (Å²) in [4.78, 5) is 2.51. The average molecular weight is 278 g/mol. The van der Waals surface area contributed by atoms with Crippen LogP contribution in [0.2, 0.25) is 0 Å². The second kappa shape index (κ2) is 5.08. The highest BCUT2D eigenvalue weighted by molar-refractivity contribution is 7.80. The van der Waals surface area contributed by atoms with Crippen LogP contribution in [0.15, 0.2) is 18.2 Å². The first kappa shape index (κ1) is 12.9. The lowest BCUT2D eigenvalue weighted by Crippen LogP contribution is -2.43. The van der Waals surface area contributed by atoms with Crippen molar-refractivity contribution in [3.8, 4) is 0 Å². The molecular weight excluding hydrogens is 259 g/mol. The minimum atomic E-state index is -0.301. The first-order chi connectivity index (χ1) is 9.18. The molecule has 2 aliphatic rings. The monoisotopic (exact) mass is 278 g/mol. The van der Waals surface area contributed by atoms with Crippen molar-refractivity contribution in [3.63, 3.8) is 0 Å².